The third kappa shape index (κ3) is 4.23. The van der Waals surface area contributed by atoms with Gasteiger partial charge < -0.3 is 14.3 Å². The number of carbonyl (C=O) groups is 1. The van der Waals surface area contributed by atoms with E-state index in [2.05, 4.69) is 27.3 Å². The maximum atomic E-state index is 12.4. The number of nitrogens with zero attached hydrogens (tertiary/aromatic N) is 3. The zero-order valence-corrected chi connectivity index (χ0v) is 14.0. The van der Waals surface area contributed by atoms with Gasteiger partial charge in [-0.3, -0.25) is 9.69 Å². The average Bonchev–Trinajstić information content (AvgIpc) is 3.33. The highest BCUT2D eigenvalue weighted by Crippen LogP contribution is 2.20. The summed E-state index contributed by atoms with van der Waals surface area (Å²) < 4.78 is 10.6. The second kappa shape index (κ2) is 8.10. The molecule has 1 fully saturated rings. The van der Waals surface area contributed by atoms with Crippen LogP contribution in [-0.2, 0) is 24.3 Å². The van der Waals surface area contributed by atoms with Gasteiger partial charge >= 0.3 is 0 Å². The smallest absolute Gasteiger partial charge is 0.240 e. The number of aromatic nitrogens is 2. The summed E-state index contributed by atoms with van der Waals surface area (Å²) in [6, 6.07) is 3.52. The molecular formula is C17H24N4O3. The fourth-order valence-corrected chi connectivity index (χ4v) is 2.98. The molecule has 2 aromatic heterocycles. The number of furan rings is 1. The lowest BCUT2D eigenvalue weighted by Crippen LogP contribution is -2.42. The Kier molecular flexibility index (Phi) is 5.63. The average molecular weight is 332 g/mol. The van der Waals surface area contributed by atoms with Gasteiger partial charge in [-0.25, -0.2) is 0 Å². The van der Waals surface area contributed by atoms with E-state index in [9.17, 15) is 4.79 Å². The molecule has 1 amide bonds. The number of likely N-dealkylation sites (tertiary alicyclic amines) is 1. The Bertz CT molecular complexity index is 638. The van der Waals surface area contributed by atoms with Crippen molar-refractivity contribution in [1.82, 2.24) is 20.4 Å². The van der Waals surface area contributed by atoms with E-state index >= 15 is 0 Å². The number of amides is 1. The molecule has 0 aromatic carbocycles. The molecule has 7 nitrogen and oxygen atoms in total. The van der Waals surface area contributed by atoms with E-state index in [0.717, 1.165) is 50.2 Å². The van der Waals surface area contributed by atoms with Crippen molar-refractivity contribution in [3.05, 3.63) is 35.9 Å². The summed E-state index contributed by atoms with van der Waals surface area (Å²) in [5.74, 6) is 2.12. The van der Waals surface area contributed by atoms with Crippen LogP contribution < -0.4 is 5.32 Å². The molecule has 0 aliphatic carbocycles. The maximum Gasteiger partial charge on any atom is 0.240 e. The SMILES string of the molecule is CCCCc1noc(CN2CCCC2C(=O)NCc2ccco2)n1. The van der Waals surface area contributed by atoms with Crippen molar-refractivity contribution in [3.8, 4) is 0 Å². The number of carbonyl (C=O) groups excluding carboxylic acids is 1. The van der Waals surface area contributed by atoms with Gasteiger partial charge in [0.25, 0.3) is 0 Å². The molecule has 0 saturated carbocycles. The van der Waals surface area contributed by atoms with Crippen LogP contribution in [0.15, 0.2) is 27.3 Å². The molecule has 1 N–H and O–H groups in total. The zero-order chi connectivity index (χ0) is 16.8. The minimum absolute atomic E-state index is 0.0228. The fraction of sp³-hybridized carbons (Fsp3) is 0.588. The third-order valence-corrected chi connectivity index (χ3v) is 4.29. The molecule has 24 heavy (non-hydrogen) atoms. The Morgan fingerprint density at radius 3 is 3.21 bits per heavy atom. The molecule has 7 heteroatoms. The van der Waals surface area contributed by atoms with E-state index in [4.69, 9.17) is 8.94 Å². The first-order valence-corrected chi connectivity index (χ1v) is 8.62. The molecule has 3 heterocycles. The first-order valence-electron chi connectivity index (χ1n) is 8.62. The van der Waals surface area contributed by atoms with Crippen LogP contribution in [-0.4, -0.2) is 33.5 Å². The van der Waals surface area contributed by atoms with Gasteiger partial charge in [-0.1, -0.05) is 18.5 Å². The normalized spacial score (nSPS) is 18.1. The molecule has 0 spiro atoms. The summed E-state index contributed by atoms with van der Waals surface area (Å²) in [4.78, 5) is 19.0. The summed E-state index contributed by atoms with van der Waals surface area (Å²) in [7, 11) is 0. The van der Waals surface area contributed by atoms with Crippen molar-refractivity contribution in [2.24, 2.45) is 0 Å². The van der Waals surface area contributed by atoms with Crippen molar-refractivity contribution in [2.75, 3.05) is 6.54 Å². The first kappa shape index (κ1) is 16.7. The lowest BCUT2D eigenvalue weighted by Gasteiger charge is -2.21. The van der Waals surface area contributed by atoms with Gasteiger partial charge in [0.15, 0.2) is 5.82 Å². The Morgan fingerprint density at radius 1 is 1.50 bits per heavy atom. The van der Waals surface area contributed by atoms with Crippen molar-refractivity contribution in [2.45, 2.75) is 58.2 Å². The summed E-state index contributed by atoms with van der Waals surface area (Å²) in [6.45, 7) is 3.94. The highest BCUT2D eigenvalue weighted by atomic mass is 16.5. The molecule has 1 aliphatic heterocycles. The molecular weight excluding hydrogens is 308 g/mol. The summed E-state index contributed by atoms with van der Waals surface area (Å²) in [6.07, 6.45) is 6.45. The predicted molar refractivity (Wildman–Crippen MR) is 86.9 cm³/mol. The van der Waals surface area contributed by atoms with Gasteiger partial charge in [-0.2, -0.15) is 4.98 Å². The van der Waals surface area contributed by atoms with Gasteiger partial charge in [0.2, 0.25) is 11.8 Å². The minimum atomic E-state index is -0.147. The molecule has 3 rings (SSSR count). The van der Waals surface area contributed by atoms with Crippen LogP contribution in [0.4, 0.5) is 0 Å². The van der Waals surface area contributed by atoms with Gasteiger partial charge in [0.1, 0.15) is 5.76 Å². The standard InChI is InChI=1S/C17H24N4O3/c1-2-3-8-15-19-16(24-20-15)12-21-9-4-7-14(21)17(22)18-11-13-6-5-10-23-13/h5-6,10,14H,2-4,7-9,11-12H2,1H3,(H,18,22). The van der Waals surface area contributed by atoms with Gasteiger partial charge in [-0.05, 0) is 37.9 Å². The highest BCUT2D eigenvalue weighted by Gasteiger charge is 2.31. The summed E-state index contributed by atoms with van der Waals surface area (Å²) >= 11 is 0. The minimum Gasteiger partial charge on any atom is -0.467 e. The molecule has 0 radical (unpaired) electrons. The van der Waals surface area contributed by atoms with Gasteiger partial charge in [-0.15, -0.1) is 0 Å². The van der Waals surface area contributed by atoms with E-state index < -0.39 is 0 Å². The second-order valence-electron chi connectivity index (χ2n) is 6.13. The van der Waals surface area contributed by atoms with Crippen LogP contribution in [0, 0.1) is 0 Å². The fourth-order valence-electron chi connectivity index (χ4n) is 2.98. The van der Waals surface area contributed by atoms with Crippen LogP contribution in [0.1, 0.15) is 50.1 Å². The second-order valence-corrected chi connectivity index (χ2v) is 6.13. The Morgan fingerprint density at radius 2 is 2.42 bits per heavy atom. The molecule has 0 bridgehead atoms. The number of unbranched alkanes of at least 4 members (excludes halogenated alkanes) is 1. The van der Waals surface area contributed by atoms with Crippen molar-refractivity contribution < 1.29 is 13.7 Å². The number of hydrogen-bond acceptors (Lipinski definition) is 6. The van der Waals surface area contributed by atoms with E-state index in [0.29, 0.717) is 19.0 Å². The van der Waals surface area contributed by atoms with Crippen molar-refractivity contribution >= 4 is 5.91 Å². The largest absolute Gasteiger partial charge is 0.467 e. The topological polar surface area (TPSA) is 84.4 Å². The van der Waals surface area contributed by atoms with Crippen molar-refractivity contribution in [3.63, 3.8) is 0 Å². The Balaban J connectivity index is 1.52. The molecule has 1 unspecified atom stereocenters. The van der Waals surface area contributed by atoms with Crippen LogP contribution in [0.2, 0.25) is 0 Å². The van der Waals surface area contributed by atoms with Crippen LogP contribution in [0.25, 0.3) is 0 Å². The predicted octanol–water partition coefficient (Wildman–Crippen LogP) is 2.29. The molecule has 1 saturated heterocycles. The first-order chi connectivity index (χ1) is 11.8. The highest BCUT2D eigenvalue weighted by molar-refractivity contribution is 5.81. The lowest BCUT2D eigenvalue weighted by atomic mass is 10.2. The van der Waals surface area contributed by atoms with E-state index in [1.54, 1.807) is 6.26 Å². The molecule has 2 aromatic rings. The zero-order valence-electron chi connectivity index (χ0n) is 14.0. The maximum absolute atomic E-state index is 12.4. The van der Waals surface area contributed by atoms with E-state index in [1.807, 2.05) is 12.1 Å². The lowest BCUT2D eigenvalue weighted by molar-refractivity contribution is -0.126. The summed E-state index contributed by atoms with van der Waals surface area (Å²) in [5.41, 5.74) is 0. The van der Waals surface area contributed by atoms with Crippen LogP contribution in [0.5, 0.6) is 0 Å². The van der Waals surface area contributed by atoms with Crippen LogP contribution in [0.3, 0.4) is 0 Å². The monoisotopic (exact) mass is 332 g/mol. The van der Waals surface area contributed by atoms with Crippen LogP contribution >= 0.6 is 0 Å². The molecule has 1 aliphatic rings. The molecule has 1 atom stereocenters. The number of nitrogens with one attached hydrogen (secondary N) is 1. The van der Waals surface area contributed by atoms with E-state index in [1.165, 1.54) is 0 Å². The number of hydrogen-bond donors (Lipinski definition) is 1. The quantitative estimate of drug-likeness (QED) is 0.798. The Labute approximate surface area is 141 Å². The number of aryl methyl sites for hydroxylation is 1. The van der Waals surface area contributed by atoms with Gasteiger partial charge in [0, 0.05) is 6.42 Å². The van der Waals surface area contributed by atoms with Crippen molar-refractivity contribution in [1.29, 1.82) is 0 Å². The summed E-state index contributed by atoms with van der Waals surface area (Å²) in [5, 5.41) is 6.94. The van der Waals surface area contributed by atoms with E-state index in [-0.39, 0.29) is 11.9 Å². The van der Waals surface area contributed by atoms with Gasteiger partial charge in [0.05, 0.1) is 25.4 Å². The third-order valence-electron chi connectivity index (χ3n) is 4.29. The number of rotatable bonds is 8. The molecule has 130 valence electrons. The Hall–Kier alpha value is -2.15.